The summed E-state index contributed by atoms with van der Waals surface area (Å²) in [4.78, 5) is 12.0. The fourth-order valence-corrected chi connectivity index (χ4v) is 2.44. The van der Waals surface area contributed by atoms with Crippen LogP contribution in [-0.4, -0.2) is 25.3 Å². The number of carbonyl (C=O) groups excluding carboxylic acids is 1. The predicted molar refractivity (Wildman–Crippen MR) is 86.6 cm³/mol. The summed E-state index contributed by atoms with van der Waals surface area (Å²) in [7, 11) is 0. The number of carbonyl (C=O) groups is 1. The second-order valence-electron chi connectivity index (χ2n) is 4.33. The van der Waals surface area contributed by atoms with Crippen molar-refractivity contribution in [3.05, 3.63) is 44.7 Å². The van der Waals surface area contributed by atoms with Gasteiger partial charge in [0.2, 0.25) is 0 Å². The Morgan fingerprint density at radius 2 is 1.95 bits per heavy atom. The van der Waals surface area contributed by atoms with Crippen molar-refractivity contribution in [2.45, 2.75) is 0 Å². The van der Waals surface area contributed by atoms with E-state index in [2.05, 4.69) is 42.4 Å². The maximum absolute atomic E-state index is 12.0. The standard InChI is InChI=1S/C14H10Br2N2O4/c15-10-6-9(22-13(10)16)7-17-18-14(19)8-1-2-11-12(5-8)21-4-3-20-11/h1-2,5-7H,3-4H2,(H,18,19)/b17-7+. The smallest absolute Gasteiger partial charge is 0.271 e. The summed E-state index contributed by atoms with van der Waals surface area (Å²) in [5, 5.41) is 3.85. The Kier molecular flexibility index (Phi) is 4.49. The molecule has 1 aromatic heterocycles. The van der Waals surface area contributed by atoms with Crippen LogP contribution < -0.4 is 14.9 Å². The molecule has 0 bridgehead atoms. The molecule has 0 unspecified atom stereocenters. The minimum atomic E-state index is -0.349. The van der Waals surface area contributed by atoms with Crippen molar-refractivity contribution in [3.63, 3.8) is 0 Å². The average molecular weight is 430 g/mol. The predicted octanol–water partition coefficient (Wildman–Crippen LogP) is 3.34. The van der Waals surface area contributed by atoms with Gasteiger partial charge in [-0.1, -0.05) is 0 Å². The molecule has 2 aromatic rings. The van der Waals surface area contributed by atoms with Gasteiger partial charge in [-0.2, -0.15) is 5.10 Å². The number of nitrogens with one attached hydrogen (secondary N) is 1. The largest absolute Gasteiger partial charge is 0.486 e. The lowest BCUT2D eigenvalue weighted by atomic mass is 10.2. The van der Waals surface area contributed by atoms with Gasteiger partial charge in [-0.05, 0) is 50.1 Å². The van der Waals surface area contributed by atoms with Crippen molar-refractivity contribution in [2.75, 3.05) is 13.2 Å². The lowest BCUT2D eigenvalue weighted by Gasteiger charge is -2.18. The van der Waals surface area contributed by atoms with Gasteiger partial charge in [0.15, 0.2) is 16.2 Å². The van der Waals surface area contributed by atoms with Crippen molar-refractivity contribution in [2.24, 2.45) is 5.10 Å². The van der Waals surface area contributed by atoms with Crippen LogP contribution in [0.3, 0.4) is 0 Å². The first kappa shape index (κ1) is 15.1. The van der Waals surface area contributed by atoms with E-state index in [-0.39, 0.29) is 5.91 Å². The van der Waals surface area contributed by atoms with Crippen molar-refractivity contribution in [1.82, 2.24) is 5.43 Å². The van der Waals surface area contributed by atoms with Gasteiger partial charge in [0, 0.05) is 11.6 Å². The monoisotopic (exact) mass is 428 g/mol. The third-order valence-corrected chi connectivity index (χ3v) is 4.54. The van der Waals surface area contributed by atoms with Crippen LogP contribution in [-0.2, 0) is 0 Å². The molecule has 114 valence electrons. The molecule has 0 aliphatic carbocycles. The first-order valence-electron chi connectivity index (χ1n) is 6.31. The molecule has 22 heavy (non-hydrogen) atoms. The number of halogens is 2. The molecule has 1 aliphatic heterocycles. The highest BCUT2D eigenvalue weighted by Gasteiger charge is 2.14. The molecule has 8 heteroatoms. The molecule has 2 heterocycles. The number of nitrogens with zero attached hydrogens (tertiary/aromatic N) is 1. The molecule has 1 aliphatic rings. The summed E-state index contributed by atoms with van der Waals surface area (Å²) < 4.78 is 17.5. The zero-order valence-corrected chi connectivity index (χ0v) is 14.3. The van der Waals surface area contributed by atoms with E-state index in [1.165, 1.54) is 6.21 Å². The number of rotatable bonds is 3. The maximum Gasteiger partial charge on any atom is 0.271 e. The van der Waals surface area contributed by atoms with Crippen molar-refractivity contribution >= 4 is 44.0 Å². The van der Waals surface area contributed by atoms with Crippen LogP contribution >= 0.6 is 31.9 Å². The van der Waals surface area contributed by atoms with Gasteiger partial charge in [-0.25, -0.2) is 5.43 Å². The summed E-state index contributed by atoms with van der Waals surface area (Å²) in [6.45, 7) is 0.982. The highest BCUT2D eigenvalue weighted by atomic mass is 79.9. The lowest BCUT2D eigenvalue weighted by molar-refractivity contribution is 0.0954. The maximum atomic E-state index is 12.0. The summed E-state index contributed by atoms with van der Waals surface area (Å²) in [5.74, 6) is 1.34. The Morgan fingerprint density at radius 3 is 2.68 bits per heavy atom. The van der Waals surface area contributed by atoms with Crippen LogP contribution in [0, 0.1) is 0 Å². The minimum absolute atomic E-state index is 0.349. The van der Waals surface area contributed by atoms with Gasteiger partial charge in [0.1, 0.15) is 19.0 Å². The molecule has 1 amide bonds. The SMILES string of the molecule is O=C(N/N=C/c1cc(Br)c(Br)o1)c1ccc2c(c1)OCCO2. The van der Waals surface area contributed by atoms with E-state index in [0.29, 0.717) is 40.7 Å². The molecule has 0 fully saturated rings. The highest BCUT2D eigenvalue weighted by Crippen LogP contribution is 2.30. The van der Waals surface area contributed by atoms with Gasteiger partial charge >= 0.3 is 0 Å². The molecule has 6 nitrogen and oxygen atoms in total. The Balaban J connectivity index is 1.66. The Hall–Kier alpha value is -1.80. The van der Waals surface area contributed by atoms with Crippen LogP contribution in [0.25, 0.3) is 0 Å². The molecule has 0 atom stereocenters. The fourth-order valence-electron chi connectivity index (χ4n) is 1.83. The molecule has 3 rings (SSSR count). The molecular formula is C14H10Br2N2O4. The second-order valence-corrected chi connectivity index (χ2v) is 5.90. The normalized spacial score (nSPS) is 13.4. The van der Waals surface area contributed by atoms with Gasteiger partial charge in [0.05, 0.1) is 10.7 Å². The van der Waals surface area contributed by atoms with Crippen LogP contribution in [0.5, 0.6) is 11.5 Å². The van der Waals surface area contributed by atoms with E-state index in [9.17, 15) is 4.79 Å². The van der Waals surface area contributed by atoms with E-state index in [1.807, 2.05) is 0 Å². The van der Waals surface area contributed by atoms with Crippen LogP contribution in [0.4, 0.5) is 0 Å². The van der Waals surface area contributed by atoms with Gasteiger partial charge in [0.25, 0.3) is 5.91 Å². The molecule has 0 radical (unpaired) electrons. The number of furan rings is 1. The van der Waals surface area contributed by atoms with Gasteiger partial charge in [-0.3, -0.25) is 4.79 Å². The van der Waals surface area contributed by atoms with E-state index in [1.54, 1.807) is 24.3 Å². The second kappa shape index (κ2) is 6.53. The first-order valence-corrected chi connectivity index (χ1v) is 7.90. The lowest BCUT2D eigenvalue weighted by Crippen LogP contribution is -2.19. The van der Waals surface area contributed by atoms with Crippen LogP contribution in [0.1, 0.15) is 16.1 Å². The zero-order chi connectivity index (χ0) is 15.5. The number of hydrogen-bond donors (Lipinski definition) is 1. The quantitative estimate of drug-likeness (QED) is 0.599. The average Bonchev–Trinajstić information content (AvgIpc) is 2.85. The van der Waals surface area contributed by atoms with E-state index in [0.717, 1.165) is 4.47 Å². The first-order chi connectivity index (χ1) is 10.6. The van der Waals surface area contributed by atoms with E-state index >= 15 is 0 Å². The number of ether oxygens (including phenoxy) is 2. The van der Waals surface area contributed by atoms with Crippen molar-refractivity contribution < 1.29 is 18.7 Å². The summed E-state index contributed by atoms with van der Waals surface area (Å²) >= 11 is 6.51. The minimum Gasteiger partial charge on any atom is -0.486 e. The summed E-state index contributed by atoms with van der Waals surface area (Å²) in [5.41, 5.74) is 2.86. The van der Waals surface area contributed by atoms with E-state index in [4.69, 9.17) is 13.9 Å². The Labute approximate surface area is 142 Å². The molecule has 1 aromatic carbocycles. The molecular weight excluding hydrogens is 420 g/mol. The number of hydrogen-bond acceptors (Lipinski definition) is 5. The Bertz CT molecular complexity index is 723. The zero-order valence-electron chi connectivity index (χ0n) is 11.1. The number of benzene rings is 1. The van der Waals surface area contributed by atoms with Crippen molar-refractivity contribution in [1.29, 1.82) is 0 Å². The topological polar surface area (TPSA) is 73.1 Å². The van der Waals surface area contributed by atoms with Gasteiger partial charge < -0.3 is 13.9 Å². The summed E-state index contributed by atoms with van der Waals surface area (Å²) in [6, 6.07) is 6.70. The third kappa shape index (κ3) is 3.33. The molecule has 0 saturated heterocycles. The van der Waals surface area contributed by atoms with E-state index < -0.39 is 0 Å². The molecule has 0 spiro atoms. The number of fused-ring (bicyclic) bond motifs is 1. The van der Waals surface area contributed by atoms with Crippen LogP contribution in [0.2, 0.25) is 0 Å². The fraction of sp³-hybridized carbons (Fsp3) is 0.143. The molecule has 0 saturated carbocycles. The summed E-state index contributed by atoms with van der Waals surface area (Å²) in [6.07, 6.45) is 1.41. The number of hydrazone groups is 1. The number of amides is 1. The highest BCUT2D eigenvalue weighted by molar-refractivity contribution is 9.13. The van der Waals surface area contributed by atoms with Crippen LogP contribution in [0.15, 0.2) is 42.9 Å². The van der Waals surface area contributed by atoms with Gasteiger partial charge in [-0.15, -0.1) is 0 Å². The Morgan fingerprint density at radius 1 is 1.18 bits per heavy atom. The third-order valence-electron chi connectivity index (χ3n) is 2.83. The van der Waals surface area contributed by atoms with Crippen molar-refractivity contribution in [3.8, 4) is 11.5 Å². The molecule has 1 N–H and O–H groups in total.